The summed E-state index contributed by atoms with van der Waals surface area (Å²) in [4.78, 5) is 11.8. The van der Waals surface area contributed by atoms with Gasteiger partial charge >= 0.3 is 5.97 Å². The van der Waals surface area contributed by atoms with Gasteiger partial charge in [-0.05, 0) is 18.6 Å². The first-order valence-electron chi connectivity index (χ1n) is 11.9. The zero-order valence-corrected chi connectivity index (χ0v) is 18.5. The smallest absolute Gasteiger partial charge is 0.311 e. The number of carbonyl (C=O) groups excluding carboxylic acids is 1. The molecule has 0 fully saturated rings. The fourth-order valence-electron chi connectivity index (χ4n) is 3.57. The molecule has 1 aromatic rings. The zero-order valence-electron chi connectivity index (χ0n) is 18.5. The summed E-state index contributed by atoms with van der Waals surface area (Å²) in [6.07, 6.45) is 21.3. The number of phenols is 2. The highest BCUT2D eigenvalue weighted by molar-refractivity contribution is 5.72. The van der Waals surface area contributed by atoms with Crippen molar-refractivity contribution in [3.63, 3.8) is 0 Å². The standard InChI is InChI=1S/C25H42O4/c1-2-3-4-5-6-7-8-9-10-11-12-13-14-15-16-17-18-25(28)29-22-19-20-23(26)24(27)21-22/h19-21,26-27H,2-18H2,1H3. The number of phenolic OH excluding ortho intramolecular Hbond substituents is 2. The van der Waals surface area contributed by atoms with E-state index < -0.39 is 0 Å². The Morgan fingerprint density at radius 2 is 1.14 bits per heavy atom. The van der Waals surface area contributed by atoms with E-state index in [-0.39, 0.29) is 23.2 Å². The van der Waals surface area contributed by atoms with Gasteiger partial charge in [-0.3, -0.25) is 4.79 Å². The predicted molar refractivity (Wildman–Crippen MR) is 120 cm³/mol. The van der Waals surface area contributed by atoms with Crippen LogP contribution in [-0.2, 0) is 4.79 Å². The van der Waals surface area contributed by atoms with E-state index in [1.165, 1.54) is 108 Å². The second-order valence-electron chi connectivity index (χ2n) is 8.18. The van der Waals surface area contributed by atoms with E-state index in [9.17, 15) is 15.0 Å². The Morgan fingerprint density at radius 3 is 1.59 bits per heavy atom. The lowest BCUT2D eigenvalue weighted by molar-refractivity contribution is -0.134. The van der Waals surface area contributed by atoms with Crippen LogP contribution in [0.4, 0.5) is 0 Å². The molecule has 0 heterocycles. The highest BCUT2D eigenvalue weighted by Crippen LogP contribution is 2.28. The molecule has 0 aromatic heterocycles. The van der Waals surface area contributed by atoms with Gasteiger partial charge in [0.25, 0.3) is 0 Å². The van der Waals surface area contributed by atoms with Crippen molar-refractivity contribution in [3.8, 4) is 17.2 Å². The van der Waals surface area contributed by atoms with E-state index in [2.05, 4.69) is 6.92 Å². The molecule has 0 aliphatic carbocycles. The number of unbranched alkanes of at least 4 members (excludes halogenated alkanes) is 15. The molecule has 0 aliphatic rings. The van der Waals surface area contributed by atoms with Crippen molar-refractivity contribution >= 4 is 5.97 Å². The average Bonchev–Trinajstić information content (AvgIpc) is 2.70. The van der Waals surface area contributed by atoms with Gasteiger partial charge in [-0.15, -0.1) is 0 Å². The number of rotatable bonds is 18. The van der Waals surface area contributed by atoms with Crippen molar-refractivity contribution < 1.29 is 19.7 Å². The second-order valence-corrected chi connectivity index (χ2v) is 8.18. The molecule has 166 valence electrons. The number of hydrogen-bond acceptors (Lipinski definition) is 4. The monoisotopic (exact) mass is 406 g/mol. The molecule has 0 aliphatic heterocycles. The number of benzene rings is 1. The maximum Gasteiger partial charge on any atom is 0.311 e. The molecular weight excluding hydrogens is 364 g/mol. The number of hydrogen-bond donors (Lipinski definition) is 2. The zero-order chi connectivity index (χ0) is 21.2. The molecule has 0 unspecified atom stereocenters. The van der Waals surface area contributed by atoms with E-state index in [1.54, 1.807) is 0 Å². The summed E-state index contributed by atoms with van der Waals surface area (Å²) in [6.45, 7) is 2.27. The van der Waals surface area contributed by atoms with Crippen LogP contribution in [0, 0.1) is 0 Å². The van der Waals surface area contributed by atoms with Crippen LogP contribution in [0.3, 0.4) is 0 Å². The Bertz CT molecular complexity index is 542. The van der Waals surface area contributed by atoms with Gasteiger partial charge in [-0.2, -0.15) is 0 Å². The topological polar surface area (TPSA) is 66.8 Å². The third kappa shape index (κ3) is 14.0. The summed E-state index contributed by atoms with van der Waals surface area (Å²) in [5, 5.41) is 18.6. The van der Waals surface area contributed by atoms with Crippen molar-refractivity contribution in [2.75, 3.05) is 0 Å². The van der Waals surface area contributed by atoms with E-state index in [0.29, 0.717) is 6.42 Å². The van der Waals surface area contributed by atoms with Gasteiger partial charge in [0.1, 0.15) is 5.75 Å². The summed E-state index contributed by atoms with van der Waals surface area (Å²) in [7, 11) is 0. The summed E-state index contributed by atoms with van der Waals surface area (Å²) in [5.74, 6) is -0.525. The van der Waals surface area contributed by atoms with E-state index >= 15 is 0 Å². The lowest BCUT2D eigenvalue weighted by Crippen LogP contribution is -2.07. The van der Waals surface area contributed by atoms with Crippen molar-refractivity contribution in [1.29, 1.82) is 0 Å². The molecule has 2 N–H and O–H groups in total. The lowest BCUT2D eigenvalue weighted by atomic mass is 10.0. The van der Waals surface area contributed by atoms with Gasteiger partial charge in [0.05, 0.1) is 0 Å². The first kappa shape index (κ1) is 25.3. The van der Waals surface area contributed by atoms with Crippen LogP contribution in [0.2, 0.25) is 0 Å². The highest BCUT2D eigenvalue weighted by atomic mass is 16.5. The molecule has 0 bridgehead atoms. The van der Waals surface area contributed by atoms with Crippen LogP contribution in [0.15, 0.2) is 18.2 Å². The van der Waals surface area contributed by atoms with Crippen molar-refractivity contribution in [1.82, 2.24) is 0 Å². The lowest BCUT2D eigenvalue weighted by Gasteiger charge is -2.06. The summed E-state index contributed by atoms with van der Waals surface area (Å²) in [5.41, 5.74) is 0. The van der Waals surface area contributed by atoms with Crippen LogP contribution in [-0.4, -0.2) is 16.2 Å². The van der Waals surface area contributed by atoms with Gasteiger partial charge in [-0.1, -0.05) is 103 Å². The SMILES string of the molecule is CCCCCCCCCCCCCCCCCCC(=O)Oc1ccc(O)c(O)c1. The molecule has 0 radical (unpaired) electrons. The normalized spacial score (nSPS) is 10.9. The minimum Gasteiger partial charge on any atom is -0.504 e. The van der Waals surface area contributed by atoms with Gasteiger partial charge in [0.15, 0.2) is 11.5 Å². The predicted octanol–water partition coefficient (Wildman–Crippen LogP) is 7.65. The molecular formula is C25H42O4. The molecule has 0 spiro atoms. The first-order valence-corrected chi connectivity index (χ1v) is 11.9. The van der Waals surface area contributed by atoms with E-state index in [4.69, 9.17) is 4.74 Å². The van der Waals surface area contributed by atoms with Crippen LogP contribution in [0.1, 0.15) is 116 Å². The molecule has 4 nitrogen and oxygen atoms in total. The third-order valence-electron chi connectivity index (χ3n) is 5.41. The van der Waals surface area contributed by atoms with Crippen molar-refractivity contribution in [2.24, 2.45) is 0 Å². The number of aromatic hydroxyl groups is 2. The van der Waals surface area contributed by atoms with Crippen LogP contribution < -0.4 is 4.74 Å². The van der Waals surface area contributed by atoms with Crippen LogP contribution in [0.5, 0.6) is 17.2 Å². The Labute approximate surface area is 177 Å². The molecule has 29 heavy (non-hydrogen) atoms. The third-order valence-corrected chi connectivity index (χ3v) is 5.41. The van der Waals surface area contributed by atoms with Gasteiger partial charge in [0.2, 0.25) is 0 Å². The summed E-state index contributed by atoms with van der Waals surface area (Å²) >= 11 is 0. The largest absolute Gasteiger partial charge is 0.504 e. The molecule has 0 saturated heterocycles. The minimum absolute atomic E-state index is 0.220. The second kappa shape index (κ2) is 17.2. The van der Waals surface area contributed by atoms with E-state index in [0.717, 1.165) is 12.8 Å². The van der Waals surface area contributed by atoms with E-state index in [1.807, 2.05) is 0 Å². The molecule has 0 atom stereocenters. The van der Waals surface area contributed by atoms with Crippen LogP contribution in [0.25, 0.3) is 0 Å². The number of ether oxygens (including phenoxy) is 1. The molecule has 4 heteroatoms. The summed E-state index contributed by atoms with van der Waals surface area (Å²) < 4.78 is 5.16. The highest BCUT2D eigenvalue weighted by Gasteiger charge is 2.07. The maximum absolute atomic E-state index is 11.8. The quantitative estimate of drug-likeness (QED) is 0.114. The Balaban J connectivity index is 1.84. The van der Waals surface area contributed by atoms with Gasteiger partial charge in [-0.25, -0.2) is 0 Å². The minimum atomic E-state index is -0.291. The average molecular weight is 407 g/mol. The Hall–Kier alpha value is -1.71. The molecule has 0 amide bonds. The fourth-order valence-corrected chi connectivity index (χ4v) is 3.57. The van der Waals surface area contributed by atoms with Crippen LogP contribution >= 0.6 is 0 Å². The Morgan fingerprint density at radius 1 is 0.690 bits per heavy atom. The number of esters is 1. The van der Waals surface area contributed by atoms with Crippen molar-refractivity contribution in [3.05, 3.63) is 18.2 Å². The molecule has 1 rings (SSSR count). The fraction of sp³-hybridized carbons (Fsp3) is 0.720. The molecule has 0 saturated carbocycles. The maximum atomic E-state index is 11.8. The number of carbonyl (C=O) groups is 1. The van der Waals surface area contributed by atoms with Gasteiger partial charge in [0, 0.05) is 12.5 Å². The Kier molecular flexibility index (Phi) is 15.0. The molecule has 1 aromatic carbocycles. The first-order chi connectivity index (χ1) is 14.1. The van der Waals surface area contributed by atoms with Gasteiger partial charge < -0.3 is 14.9 Å². The summed E-state index contributed by atoms with van der Waals surface area (Å²) in [6, 6.07) is 4.04. The van der Waals surface area contributed by atoms with Crippen molar-refractivity contribution in [2.45, 2.75) is 116 Å².